The molecule has 11 heteroatoms. The predicted molar refractivity (Wildman–Crippen MR) is 112 cm³/mol. The minimum Gasteiger partial charge on any atom is -0.323 e. The zero-order valence-corrected chi connectivity index (χ0v) is 17.7. The number of nitrogens with zero attached hydrogens (tertiary/aromatic N) is 5. The van der Waals surface area contributed by atoms with Crippen molar-refractivity contribution in [2.45, 2.75) is 37.6 Å². The van der Waals surface area contributed by atoms with Crippen LogP contribution in [0, 0.1) is 0 Å². The number of carbonyl (C=O) groups excluding carboxylic acids is 3. The topological polar surface area (TPSA) is 127 Å². The molecular weight excluding hydrogens is 404 g/mol. The summed E-state index contributed by atoms with van der Waals surface area (Å²) in [6, 6.07) is 0.937. The highest BCUT2D eigenvalue weighted by atomic mass is 16.2. The largest absolute Gasteiger partial charge is 0.332 e. The Kier molecular flexibility index (Phi) is 4.91. The van der Waals surface area contributed by atoms with E-state index in [2.05, 4.69) is 10.3 Å². The van der Waals surface area contributed by atoms with Crippen LogP contribution in [0.15, 0.2) is 21.9 Å². The minimum absolute atomic E-state index is 0.164. The van der Waals surface area contributed by atoms with Gasteiger partial charge in [-0.3, -0.25) is 28.4 Å². The van der Waals surface area contributed by atoms with Crippen LogP contribution in [0.4, 0.5) is 10.5 Å². The van der Waals surface area contributed by atoms with E-state index in [1.54, 1.807) is 7.05 Å². The van der Waals surface area contributed by atoms with E-state index in [0.717, 1.165) is 28.7 Å². The molecule has 1 aliphatic heterocycles. The van der Waals surface area contributed by atoms with Crippen LogP contribution in [0.2, 0.25) is 0 Å². The fourth-order valence-electron chi connectivity index (χ4n) is 4.55. The second-order valence-corrected chi connectivity index (χ2v) is 8.17. The summed E-state index contributed by atoms with van der Waals surface area (Å²) < 4.78 is 2.19. The fraction of sp³-hybridized carbons (Fsp3) is 0.500. The van der Waals surface area contributed by atoms with Gasteiger partial charge in [-0.2, -0.15) is 0 Å². The van der Waals surface area contributed by atoms with Crippen LogP contribution < -0.4 is 16.6 Å². The molecule has 1 saturated carbocycles. The molecule has 31 heavy (non-hydrogen) atoms. The van der Waals surface area contributed by atoms with Gasteiger partial charge in [0.25, 0.3) is 11.5 Å². The van der Waals surface area contributed by atoms with Crippen molar-refractivity contribution >= 4 is 34.6 Å². The molecule has 4 rings (SSSR count). The van der Waals surface area contributed by atoms with Crippen LogP contribution in [0.1, 0.15) is 32.1 Å². The molecule has 0 aromatic carbocycles. The Bertz CT molecular complexity index is 1220. The lowest BCUT2D eigenvalue weighted by Gasteiger charge is -2.35. The smallest absolute Gasteiger partial charge is 0.323 e. The van der Waals surface area contributed by atoms with Crippen LogP contribution in [0.5, 0.6) is 0 Å². The van der Waals surface area contributed by atoms with Crippen molar-refractivity contribution in [2.75, 3.05) is 18.9 Å². The maximum atomic E-state index is 13.0. The van der Waals surface area contributed by atoms with Crippen molar-refractivity contribution in [1.82, 2.24) is 23.9 Å². The second kappa shape index (κ2) is 7.33. The number of aromatic nitrogens is 3. The molecule has 11 nitrogen and oxygen atoms in total. The van der Waals surface area contributed by atoms with Gasteiger partial charge in [0.05, 0.1) is 17.3 Å². The van der Waals surface area contributed by atoms with E-state index in [1.807, 2.05) is 0 Å². The molecule has 1 N–H and O–H groups in total. The van der Waals surface area contributed by atoms with Crippen LogP contribution in [-0.2, 0) is 23.7 Å². The van der Waals surface area contributed by atoms with Crippen molar-refractivity contribution < 1.29 is 14.4 Å². The summed E-state index contributed by atoms with van der Waals surface area (Å²) in [5, 5.41) is 2.75. The van der Waals surface area contributed by atoms with Gasteiger partial charge in [0.1, 0.15) is 17.7 Å². The number of aryl methyl sites for hydroxylation is 1. The lowest BCUT2D eigenvalue weighted by atomic mass is 9.81. The van der Waals surface area contributed by atoms with Gasteiger partial charge in [0.2, 0.25) is 5.91 Å². The Morgan fingerprint density at radius 3 is 2.42 bits per heavy atom. The summed E-state index contributed by atoms with van der Waals surface area (Å²) in [5.41, 5.74) is -1.47. The zero-order valence-electron chi connectivity index (χ0n) is 17.7. The molecule has 0 radical (unpaired) electrons. The van der Waals surface area contributed by atoms with Crippen molar-refractivity contribution in [2.24, 2.45) is 14.1 Å². The molecule has 1 saturated heterocycles. The first-order valence-corrected chi connectivity index (χ1v) is 10.1. The van der Waals surface area contributed by atoms with E-state index in [4.69, 9.17) is 0 Å². The molecule has 2 fully saturated rings. The zero-order chi connectivity index (χ0) is 22.5. The molecule has 1 spiro atoms. The monoisotopic (exact) mass is 428 g/mol. The van der Waals surface area contributed by atoms with Crippen LogP contribution >= 0.6 is 0 Å². The molecule has 4 amide bonds. The van der Waals surface area contributed by atoms with Crippen molar-refractivity contribution in [3.05, 3.63) is 33.1 Å². The average molecular weight is 428 g/mol. The molecule has 2 aliphatic rings. The van der Waals surface area contributed by atoms with E-state index in [0.29, 0.717) is 12.8 Å². The molecule has 1 aliphatic carbocycles. The van der Waals surface area contributed by atoms with E-state index < -0.39 is 35.3 Å². The first kappa shape index (κ1) is 20.8. The molecular formula is C20H24N6O5. The highest BCUT2D eigenvalue weighted by Crippen LogP contribution is 2.39. The van der Waals surface area contributed by atoms with Gasteiger partial charge in [0, 0.05) is 21.1 Å². The number of fused-ring (bicyclic) bond motifs is 1. The molecule has 2 aromatic rings. The van der Waals surface area contributed by atoms with Crippen molar-refractivity contribution in [1.29, 1.82) is 0 Å². The maximum Gasteiger partial charge on any atom is 0.332 e. The van der Waals surface area contributed by atoms with Crippen LogP contribution in [0.3, 0.4) is 0 Å². The highest BCUT2D eigenvalue weighted by Gasteiger charge is 2.55. The van der Waals surface area contributed by atoms with Gasteiger partial charge < -0.3 is 10.2 Å². The number of carbonyl (C=O) groups is 3. The normalized spacial score (nSPS) is 18.3. The number of nitrogens with one attached hydrogen (secondary N) is 1. The van der Waals surface area contributed by atoms with E-state index >= 15 is 0 Å². The predicted octanol–water partition coefficient (Wildman–Crippen LogP) is 0.168. The standard InChI is InChI=1S/C20H24N6O5/c1-23-15-13(16(28)24(2)18(23)30)9-12(10-21-15)22-14(27)11-26-17(29)20(25(3)19(26)31)7-5-4-6-8-20/h9-10H,4-8,11H2,1-3H3,(H,22,27). The molecule has 164 valence electrons. The Hall–Kier alpha value is -3.50. The number of urea groups is 1. The number of amides is 4. The number of anilines is 1. The lowest BCUT2D eigenvalue weighted by Crippen LogP contribution is -2.49. The number of rotatable bonds is 3. The van der Waals surface area contributed by atoms with Gasteiger partial charge in [0.15, 0.2) is 0 Å². The van der Waals surface area contributed by atoms with E-state index in [-0.39, 0.29) is 22.6 Å². The lowest BCUT2D eigenvalue weighted by molar-refractivity contribution is -0.136. The van der Waals surface area contributed by atoms with Crippen molar-refractivity contribution in [3.63, 3.8) is 0 Å². The summed E-state index contributed by atoms with van der Waals surface area (Å²) in [5.74, 6) is -0.916. The number of pyridine rings is 1. The highest BCUT2D eigenvalue weighted by molar-refractivity contribution is 6.10. The Morgan fingerprint density at radius 2 is 1.74 bits per heavy atom. The maximum absolute atomic E-state index is 13.0. The van der Waals surface area contributed by atoms with Crippen molar-refractivity contribution in [3.8, 4) is 0 Å². The Balaban J connectivity index is 1.56. The average Bonchev–Trinajstić information content (AvgIpc) is 2.93. The summed E-state index contributed by atoms with van der Waals surface area (Å²) in [6.07, 6.45) is 5.28. The number of imide groups is 1. The summed E-state index contributed by atoms with van der Waals surface area (Å²) in [6.45, 7) is -0.424. The van der Waals surface area contributed by atoms with Gasteiger partial charge in [-0.1, -0.05) is 19.3 Å². The number of hydrogen-bond acceptors (Lipinski definition) is 6. The fourth-order valence-corrected chi connectivity index (χ4v) is 4.55. The van der Waals surface area contributed by atoms with Crippen LogP contribution in [0.25, 0.3) is 11.0 Å². The molecule has 2 aromatic heterocycles. The molecule has 0 unspecified atom stereocenters. The summed E-state index contributed by atoms with van der Waals surface area (Å²) >= 11 is 0. The summed E-state index contributed by atoms with van der Waals surface area (Å²) in [7, 11) is 4.46. The molecule has 0 atom stereocenters. The SMILES string of the molecule is CN1C(=O)N(CC(=O)Nc2cnc3c(c2)c(=O)n(C)c(=O)n3C)C(=O)C12CCCCC2. The quantitative estimate of drug-likeness (QED) is 0.695. The van der Waals surface area contributed by atoms with E-state index in [1.165, 1.54) is 35.8 Å². The summed E-state index contributed by atoms with van der Waals surface area (Å²) in [4.78, 5) is 69.3. The molecule has 0 bridgehead atoms. The Labute approximate surface area is 177 Å². The van der Waals surface area contributed by atoms with E-state index in [9.17, 15) is 24.0 Å². The van der Waals surface area contributed by atoms with Gasteiger partial charge in [-0.15, -0.1) is 0 Å². The third-order valence-electron chi connectivity index (χ3n) is 6.36. The minimum atomic E-state index is -0.850. The molecule has 3 heterocycles. The third-order valence-corrected chi connectivity index (χ3v) is 6.36. The Morgan fingerprint density at radius 1 is 1.06 bits per heavy atom. The first-order valence-electron chi connectivity index (χ1n) is 10.1. The second-order valence-electron chi connectivity index (χ2n) is 8.17. The van der Waals surface area contributed by atoms with Gasteiger partial charge in [-0.05, 0) is 18.9 Å². The first-order chi connectivity index (χ1) is 14.7. The number of likely N-dealkylation sites (N-methyl/N-ethyl adjacent to an activating group) is 1. The number of hydrogen-bond donors (Lipinski definition) is 1. The van der Waals surface area contributed by atoms with Gasteiger partial charge >= 0.3 is 11.7 Å². The van der Waals surface area contributed by atoms with Gasteiger partial charge in [-0.25, -0.2) is 14.6 Å². The van der Waals surface area contributed by atoms with Crippen LogP contribution in [-0.4, -0.2) is 60.9 Å². The third kappa shape index (κ3) is 3.11.